The first-order chi connectivity index (χ1) is 10.5. The van der Waals surface area contributed by atoms with Gasteiger partial charge in [-0.2, -0.15) is 0 Å². The van der Waals surface area contributed by atoms with Crippen molar-refractivity contribution in [3.8, 4) is 0 Å². The van der Waals surface area contributed by atoms with Crippen molar-refractivity contribution in [1.82, 2.24) is 10.2 Å². The zero-order valence-corrected chi connectivity index (χ0v) is 12.8. The molecule has 22 heavy (non-hydrogen) atoms. The highest BCUT2D eigenvalue weighted by Crippen LogP contribution is 2.20. The third-order valence-corrected chi connectivity index (χ3v) is 3.72. The molecular formula is C16H21FN2O3. The number of halogens is 1. The van der Waals surface area contributed by atoms with Crippen LogP contribution in [0.25, 0.3) is 0 Å². The van der Waals surface area contributed by atoms with Gasteiger partial charge in [0, 0.05) is 12.5 Å². The van der Waals surface area contributed by atoms with Crippen molar-refractivity contribution in [1.29, 1.82) is 0 Å². The Hall–Kier alpha value is -2.11. The number of ether oxygens (including phenoxy) is 1. The first-order valence-corrected chi connectivity index (χ1v) is 7.39. The van der Waals surface area contributed by atoms with Crippen molar-refractivity contribution >= 4 is 12.0 Å². The van der Waals surface area contributed by atoms with Crippen LogP contribution in [0.1, 0.15) is 25.8 Å². The summed E-state index contributed by atoms with van der Waals surface area (Å²) in [6, 6.07) is 8.38. The molecule has 0 unspecified atom stereocenters. The molecule has 2 amide bonds. The Balaban J connectivity index is 1.79. The minimum Gasteiger partial charge on any atom is -0.445 e. The van der Waals surface area contributed by atoms with Crippen molar-refractivity contribution in [3.05, 3.63) is 35.9 Å². The van der Waals surface area contributed by atoms with E-state index in [1.54, 1.807) is 13.8 Å². The Morgan fingerprint density at radius 3 is 2.68 bits per heavy atom. The van der Waals surface area contributed by atoms with Gasteiger partial charge in [-0.15, -0.1) is 0 Å². The number of benzene rings is 1. The van der Waals surface area contributed by atoms with Crippen molar-refractivity contribution in [3.63, 3.8) is 0 Å². The van der Waals surface area contributed by atoms with E-state index in [-0.39, 0.29) is 25.1 Å². The number of alkyl halides is 1. The second kappa shape index (κ2) is 7.24. The SMILES string of the molecule is C[C@H](NC(=O)OCc1ccccc1)C(=O)N1C[C@@H](F)C[C@H]1C. The van der Waals surface area contributed by atoms with Crippen LogP contribution in [0.3, 0.4) is 0 Å². The Morgan fingerprint density at radius 2 is 2.09 bits per heavy atom. The number of likely N-dealkylation sites (tertiary alicyclic amines) is 1. The molecule has 1 aliphatic rings. The lowest BCUT2D eigenvalue weighted by molar-refractivity contribution is -0.133. The van der Waals surface area contributed by atoms with Crippen LogP contribution in [0.15, 0.2) is 30.3 Å². The molecule has 3 atom stereocenters. The maximum absolute atomic E-state index is 13.3. The van der Waals surface area contributed by atoms with E-state index in [0.717, 1.165) is 5.56 Å². The van der Waals surface area contributed by atoms with E-state index in [2.05, 4.69) is 5.32 Å². The minimum absolute atomic E-state index is 0.0884. The molecule has 1 N–H and O–H groups in total. The highest BCUT2D eigenvalue weighted by molar-refractivity contribution is 5.85. The fourth-order valence-corrected chi connectivity index (χ4v) is 2.52. The smallest absolute Gasteiger partial charge is 0.408 e. The Bertz CT molecular complexity index is 523. The Kier molecular flexibility index (Phi) is 5.35. The van der Waals surface area contributed by atoms with Gasteiger partial charge in [-0.25, -0.2) is 9.18 Å². The van der Waals surface area contributed by atoms with Gasteiger partial charge < -0.3 is 15.0 Å². The normalized spacial score (nSPS) is 22.2. The van der Waals surface area contributed by atoms with E-state index >= 15 is 0 Å². The third-order valence-electron chi connectivity index (χ3n) is 3.72. The second-order valence-corrected chi connectivity index (χ2v) is 5.60. The summed E-state index contributed by atoms with van der Waals surface area (Å²) in [4.78, 5) is 25.4. The summed E-state index contributed by atoms with van der Waals surface area (Å²) in [7, 11) is 0. The average Bonchev–Trinajstić information content (AvgIpc) is 2.84. The Labute approximate surface area is 129 Å². The van der Waals surface area contributed by atoms with E-state index in [9.17, 15) is 14.0 Å². The molecule has 1 aliphatic heterocycles. The zero-order valence-electron chi connectivity index (χ0n) is 12.8. The van der Waals surface area contributed by atoms with Crippen LogP contribution in [0, 0.1) is 0 Å². The van der Waals surface area contributed by atoms with E-state index in [1.807, 2.05) is 30.3 Å². The molecule has 0 saturated carbocycles. The molecule has 0 aromatic heterocycles. The standard InChI is InChI=1S/C16H21FN2O3/c1-11-8-14(17)9-19(11)15(20)12(2)18-16(21)22-10-13-6-4-3-5-7-13/h3-7,11-12,14H,8-10H2,1-2H3,(H,18,21)/t11-,12+,14+/m1/s1. The summed E-state index contributed by atoms with van der Waals surface area (Å²) < 4.78 is 18.4. The van der Waals surface area contributed by atoms with Crippen LogP contribution in [-0.2, 0) is 16.1 Å². The molecule has 0 spiro atoms. The molecule has 1 aromatic carbocycles. The molecule has 1 heterocycles. The van der Waals surface area contributed by atoms with E-state index in [0.29, 0.717) is 6.42 Å². The van der Waals surface area contributed by atoms with Crippen LogP contribution < -0.4 is 5.32 Å². The van der Waals surface area contributed by atoms with Crippen LogP contribution >= 0.6 is 0 Å². The summed E-state index contributed by atoms with van der Waals surface area (Å²) in [5.74, 6) is -0.288. The lowest BCUT2D eigenvalue weighted by Gasteiger charge is -2.25. The fraction of sp³-hybridized carbons (Fsp3) is 0.500. The molecule has 5 nitrogen and oxygen atoms in total. The number of carbonyl (C=O) groups is 2. The number of amides is 2. The van der Waals surface area contributed by atoms with Gasteiger partial charge in [0.15, 0.2) is 0 Å². The fourth-order valence-electron chi connectivity index (χ4n) is 2.52. The number of rotatable bonds is 4. The minimum atomic E-state index is -0.990. The number of carbonyl (C=O) groups excluding carboxylic acids is 2. The quantitative estimate of drug-likeness (QED) is 0.928. The van der Waals surface area contributed by atoms with Gasteiger partial charge in [0.2, 0.25) is 5.91 Å². The summed E-state index contributed by atoms with van der Waals surface area (Å²) in [5.41, 5.74) is 0.866. The van der Waals surface area contributed by atoms with Gasteiger partial charge in [-0.1, -0.05) is 30.3 Å². The number of nitrogens with zero attached hydrogens (tertiary/aromatic N) is 1. The predicted octanol–water partition coefficient (Wildman–Crippen LogP) is 2.26. The highest BCUT2D eigenvalue weighted by Gasteiger charge is 2.34. The molecule has 0 aliphatic carbocycles. The molecule has 0 bridgehead atoms. The first kappa shape index (κ1) is 16.3. The lowest BCUT2D eigenvalue weighted by Crippen LogP contribution is -2.48. The molecule has 0 radical (unpaired) electrons. The molecular weight excluding hydrogens is 287 g/mol. The van der Waals surface area contributed by atoms with Crippen molar-refractivity contribution < 1.29 is 18.7 Å². The summed E-state index contributed by atoms with van der Waals surface area (Å²) in [5, 5.41) is 2.49. The number of hydrogen-bond acceptors (Lipinski definition) is 3. The summed E-state index contributed by atoms with van der Waals surface area (Å²) in [6.07, 6.45) is -1.30. The monoisotopic (exact) mass is 308 g/mol. The lowest BCUT2D eigenvalue weighted by atomic mass is 10.2. The first-order valence-electron chi connectivity index (χ1n) is 7.39. The largest absolute Gasteiger partial charge is 0.445 e. The number of hydrogen-bond donors (Lipinski definition) is 1. The number of nitrogens with one attached hydrogen (secondary N) is 1. The highest BCUT2D eigenvalue weighted by atomic mass is 19.1. The van der Waals surface area contributed by atoms with Crippen molar-refractivity contribution in [2.24, 2.45) is 0 Å². The zero-order chi connectivity index (χ0) is 16.1. The predicted molar refractivity (Wildman–Crippen MR) is 79.9 cm³/mol. The third kappa shape index (κ3) is 4.19. The van der Waals surface area contributed by atoms with Gasteiger partial charge in [0.25, 0.3) is 0 Å². The maximum atomic E-state index is 13.3. The molecule has 6 heteroatoms. The Morgan fingerprint density at radius 1 is 1.41 bits per heavy atom. The van der Waals surface area contributed by atoms with E-state index in [4.69, 9.17) is 4.74 Å². The van der Waals surface area contributed by atoms with E-state index in [1.165, 1.54) is 4.90 Å². The van der Waals surface area contributed by atoms with Gasteiger partial charge >= 0.3 is 6.09 Å². The topological polar surface area (TPSA) is 58.6 Å². The van der Waals surface area contributed by atoms with Gasteiger partial charge in [-0.05, 0) is 19.4 Å². The van der Waals surface area contributed by atoms with Gasteiger partial charge in [0.1, 0.15) is 18.8 Å². The molecule has 1 fully saturated rings. The molecule has 2 rings (SSSR count). The van der Waals surface area contributed by atoms with Crippen molar-refractivity contribution in [2.45, 2.75) is 45.1 Å². The van der Waals surface area contributed by atoms with Crippen LogP contribution in [0.2, 0.25) is 0 Å². The van der Waals surface area contributed by atoms with Crippen LogP contribution in [0.5, 0.6) is 0 Å². The average molecular weight is 308 g/mol. The second-order valence-electron chi connectivity index (χ2n) is 5.60. The summed E-state index contributed by atoms with van der Waals surface area (Å²) >= 11 is 0. The van der Waals surface area contributed by atoms with Gasteiger partial charge in [0.05, 0.1) is 6.54 Å². The summed E-state index contributed by atoms with van der Waals surface area (Å²) in [6.45, 7) is 3.60. The van der Waals surface area contributed by atoms with Gasteiger partial charge in [-0.3, -0.25) is 4.79 Å². The molecule has 1 aromatic rings. The number of alkyl carbamates (subject to hydrolysis) is 1. The van der Waals surface area contributed by atoms with Crippen molar-refractivity contribution in [2.75, 3.05) is 6.54 Å². The molecule has 1 saturated heterocycles. The maximum Gasteiger partial charge on any atom is 0.408 e. The van der Waals surface area contributed by atoms with E-state index < -0.39 is 18.3 Å². The molecule has 120 valence electrons. The van der Waals surface area contributed by atoms with Crippen LogP contribution in [-0.4, -0.2) is 41.7 Å². The van der Waals surface area contributed by atoms with Crippen LogP contribution in [0.4, 0.5) is 9.18 Å².